The number of hydrogen-bond acceptors (Lipinski definition) is 2. The fourth-order valence-corrected chi connectivity index (χ4v) is 2.01. The van der Waals surface area contributed by atoms with Gasteiger partial charge in [-0.15, -0.1) is 0 Å². The summed E-state index contributed by atoms with van der Waals surface area (Å²) in [6, 6.07) is 10.3. The highest BCUT2D eigenvalue weighted by molar-refractivity contribution is 9.10. The largest absolute Gasteiger partial charge is 0.328 e. The normalized spacial score (nSPS) is 12.7. The maximum Gasteiger partial charge on any atom is 0.0923 e. The molecule has 1 heterocycles. The van der Waals surface area contributed by atoms with E-state index in [9.17, 15) is 0 Å². The van der Waals surface area contributed by atoms with E-state index >= 15 is 0 Å². The van der Waals surface area contributed by atoms with Crippen molar-refractivity contribution in [1.82, 2.24) is 10.2 Å². The fourth-order valence-electron chi connectivity index (χ4n) is 1.61. The molecule has 0 fully saturated rings. The average Bonchev–Trinajstić information content (AvgIpc) is 2.65. The summed E-state index contributed by atoms with van der Waals surface area (Å²) in [6.45, 7) is 1.99. The number of aromatic nitrogens is 2. The summed E-state index contributed by atoms with van der Waals surface area (Å²) in [5.74, 6) is 0. The summed E-state index contributed by atoms with van der Waals surface area (Å²) >= 11 is 3.45. The lowest BCUT2D eigenvalue weighted by atomic mass is 10.1. The first-order valence-corrected chi connectivity index (χ1v) is 6.00. The van der Waals surface area contributed by atoms with Crippen LogP contribution in [0.1, 0.15) is 12.6 Å². The molecule has 84 valence electrons. The van der Waals surface area contributed by atoms with E-state index in [4.69, 9.17) is 5.73 Å². The highest BCUT2D eigenvalue weighted by atomic mass is 79.9. The van der Waals surface area contributed by atoms with Crippen LogP contribution >= 0.6 is 15.9 Å². The molecule has 0 radical (unpaired) electrons. The first-order valence-electron chi connectivity index (χ1n) is 5.21. The van der Waals surface area contributed by atoms with E-state index in [1.54, 1.807) is 0 Å². The molecule has 2 rings (SSSR count). The van der Waals surface area contributed by atoms with Crippen molar-refractivity contribution in [3.8, 4) is 11.3 Å². The van der Waals surface area contributed by atoms with Crippen molar-refractivity contribution >= 4 is 15.9 Å². The average molecular weight is 280 g/mol. The van der Waals surface area contributed by atoms with Crippen LogP contribution in [0.4, 0.5) is 0 Å². The third-order valence-electron chi connectivity index (χ3n) is 2.29. The van der Waals surface area contributed by atoms with Crippen LogP contribution in [-0.4, -0.2) is 16.2 Å². The van der Waals surface area contributed by atoms with Gasteiger partial charge >= 0.3 is 0 Å². The maximum absolute atomic E-state index is 5.74. The smallest absolute Gasteiger partial charge is 0.0923 e. The van der Waals surface area contributed by atoms with Crippen molar-refractivity contribution in [3.63, 3.8) is 0 Å². The van der Waals surface area contributed by atoms with E-state index < -0.39 is 0 Å². The monoisotopic (exact) mass is 279 g/mol. The Bertz CT molecular complexity index is 477. The van der Waals surface area contributed by atoms with Crippen LogP contribution in [0.25, 0.3) is 11.3 Å². The molecule has 0 aliphatic heterocycles. The molecule has 0 amide bonds. The van der Waals surface area contributed by atoms with Gasteiger partial charge in [-0.3, -0.25) is 5.10 Å². The molecule has 1 aromatic heterocycles. The van der Waals surface area contributed by atoms with Gasteiger partial charge in [-0.25, -0.2) is 0 Å². The van der Waals surface area contributed by atoms with E-state index in [-0.39, 0.29) is 6.04 Å². The molecule has 1 unspecified atom stereocenters. The van der Waals surface area contributed by atoms with Gasteiger partial charge in [-0.05, 0) is 25.1 Å². The van der Waals surface area contributed by atoms with Crippen molar-refractivity contribution < 1.29 is 0 Å². The lowest BCUT2D eigenvalue weighted by Gasteiger charge is -1.99. The van der Waals surface area contributed by atoms with Crippen molar-refractivity contribution in [1.29, 1.82) is 0 Å². The third-order valence-corrected chi connectivity index (χ3v) is 2.79. The van der Waals surface area contributed by atoms with Crippen LogP contribution in [0.5, 0.6) is 0 Å². The van der Waals surface area contributed by atoms with Gasteiger partial charge in [-0.2, -0.15) is 5.10 Å². The zero-order valence-corrected chi connectivity index (χ0v) is 10.7. The molecule has 0 spiro atoms. The fraction of sp³-hybridized carbons (Fsp3) is 0.250. The lowest BCUT2D eigenvalue weighted by Crippen LogP contribution is -2.17. The minimum absolute atomic E-state index is 0.149. The summed E-state index contributed by atoms with van der Waals surface area (Å²) in [5.41, 5.74) is 8.87. The Labute approximate surface area is 103 Å². The van der Waals surface area contributed by atoms with Crippen molar-refractivity contribution in [2.75, 3.05) is 0 Å². The molecule has 0 aliphatic carbocycles. The zero-order chi connectivity index (χ0) is 11.5. The highest BCUT2D eigenvalue weighted by Crippen LogP contribution is 2.21. The summed E-state index contributed by atoms with van der Waals surface area (Å²) in [4.78, 5) is 0. The Morgan fingerprint density at radius 3 is 2.94 bits per heavy atom. The standard InChI is InChI=1S/C12H14BrN3/c1-8(14)5-11-7-12(16-15-11)9-3-2-4-10(13)6-9/h2-4,6-8H,5,14H2,1H3,(H,15,16). The van der Waals surface area contributed by atoms with Gasteiger partial charge in [0.2, 0.25) is 0 Å². The molecular weight excluding hydrogens is 266 g/mol. The van der Waals surface area contributed by atoms with Gasteiger partial charge in [0, 0.05) is 28.2 Å². The molecule has 0 saturated heterocycles. The van der Waals surface area contributed by atoms with E-state index in [0.29, 0.717) is 0 Å². The first kappa shape index (κ1) is 11.4. The van der Waals surface area contributed by atoms with E-state index in [2.05, 4.69) is 26.1 Å². The van der Waals surface area contributed by atoms with Crippen molar-refractivity contribution in [2.45, 2.75) is 19.4 Å². The highest BCUT2D eigenvalue weighted by Gasteiger charge is 2.05. The summed E-state index contributed by atoms with van der Waals surface area (Å²) in [7, 11) is 0. The van der Waals surface area contributed by atoms with Crippen LogP contribution in [0.2, 0.25) is 0 Å². The molecule has 2 aromatic rings. The van der Waals surface area contributed by atoms with Crippen LogP contribution in [0.15, 0.2) is 34.8 Å². The van der Waals surface area contributed by atoms with Gasteiger partial charge in [0.1, 0.15) is 0 Å². The number of hydrogen-bond donors (Lipinski definition) is 2. The number of nitrogens with two attached hydrogens (primary N) is 1. The number of nitrogens with zero attached hydrogens (tertiary/aromatic N) is 1. The molecule has 3 nitrogen and oxygen atoms in total. The molecule has 16 heavy (non-hydrogen) atoms. The van der Waals surface area contributed by atoms with E-state index in [0.717, 1.165) is 27.8 Å². The zero-order valence-electron chi connectivity index (χ0n) is 9.07. The van der Waals surface area contributed by atoms with Gasteiger partial charge in [-0.1, -0.05) is 28.1 Å². The topological polar surface area (TPSA) is 54.7 Å². The summed E-state index contributed by atoms with van der Waals surface area (Å²) in [6.07, 6.45) is 0.820. The van der Waals surface area contributed by atoms with Crippen LogP contribution < -0.4 is 5.73 Å². The lowest BCUT2D eigenvalue weighted by molar-refractivity contribution is 0.719. The predicted molar refractivity (Wildman–Crippen MR) is 69.1 cm³/mol. The Kier molecular flexibility index (Phi) is 3.41. The van der Waals surface area contributed by atoms with Crippen molar-refractivity contribution in [3.05, 3.63) is 40.5 Å². The van der Waals surface area contributed by atoms with Gasteiger partial charge in [0.25, 0.3) is 0 Å². The molecule has 1 aromatic carbocycles. The second-order valence-electron chi connectivity index (χ2n) is 3.97. The predicted octanol–water partition coefficient (Wildman–Crippen LogP) is 2.73. The molecule has 1 atom stereocenters. The maximum atomic E-state index is 5.74. The van der Waals surface area contributed by atoms with Crippen LogP contribution in [0, 0.1) is 0 Å². The second-order valence-corrected chi connectivity index (χ2v) is 4.89. The molecule has 4 heteroatoms. The Balaban J connectivity index is 2.24. The van der Waals surface area contributed by atoms with Crippen LogP contribution in [0.3, 0.4) is 0 Å². The number of nitrogens with one attached hydrogen (secondary N) is 1. The van der Waals surface area contributed by atoms with E-state index in [1.165, 1.54) is 0 Å². The minimum atomic E-state index is 0.149. The van der Waals surface area contributed by atoms with Gasteiger partial charge < -0.3 is 5.73 Å². The molecule has 0 saturated carbocycles. The Hall–Kier alpha value is -1.13. The first-order chi connectivity index (χ1) is 7.65. The quantitative estimate of drug-likeness (QED) is 0.908. The second kappa shape index (κ2) is 4.80. The summed E-state index contributed by atoms with van der Waals surface area (Å²) in [5, 5.41) is 7.29. The Morgan fingerprint density at radius 1 is 1.44 bits per heavy atom. The molecule has 0 bridgehead atoms. The Morgan fingerprint density at radius 2 is 2.25 bits per heavy atom. The number of H-pyrrole nitrogens is 1. The van der Waals surface area contributed by atoms with E-state index in [1.807, 2.05) is 37.3 Å². The number of benzene rings is 1. The minimum Gasteiger partial charge on any atom is -0.328 e. The molecular formula is C12H14BrN3. The van der Waals surface area contributed by atoms with Crippen molar-refractivity contribution in [2.24, 2.45) is 5.73 Å². The third kappa shape index (κ3) is 2.71. The van der Waals surface area contributed by atoms with Gasteiger partial charge in [0.15, 0.2) is 0 Å². The number of halogens is 1. The summed E-state index contributed by atoms with van der Waals surface area (Å²) < 4.78 is 1.06. The van der Waals surface area contributed by atoms with Gasteiger partial charge in [0.05, 0.1) is 5.69 Å². The SMILES string of the molecule is CC(N)Cc1cc(-c2cccc(Br)c2)n[nH]1. The number of aromatic amines is 1. The van der Waals surface area contributed by atoms with Crippen LogP contribution in [-0.2, 0) is 6.42 Å². The molecule has 0 aliphatic rings. The molecule has 3 N–H and O–H groups in total. The number of rotatable bonds is 3.